The summed E-state index contributed by atoms with van der Waals surface area (Å²) in [7, 11) is 1.53. The minimum atomic E-state index is -0.837. The molecular weight excluding hydrogens is 551 g/mol. The number of amides is 3. The number of methoxy groups -OCH3 is 1. The zero-order valence-corrected chi connectivity index (χ0v) is 20.9. The van der Waals surface area contributed by atoms with E-state index in [1.165, 1.54) is 12.0 Å². The quantitative estimate of drug-likeness (QED) is 0.266. The summed E-state index contributed by atoms with van der Waals surface area (Å²) in [4.78, 5) is 35.3. The monoisotopic (exact) mass is 576 g/mol. The Morgan fingerprint density at radius 2 is 1.85 bits per heavy atom. The Bertz CT molecular complexity index is 1150. The van der Waals surface area contributed by atoms with Crippen LogP contribution in [-0.2, 0) is 9.53 Å². The maximum atomic E-state index is 13.4. The predicted molar refractivity (Wildman–Crippen MR) is 133 cm³/mol. The SMILES string of the molecule is CO[C@H](C)[C@@H](c1ncc(-c2ccc(I)cc2)[nH]1)N1C(=O)N[C@H](c2ccc(OCCO)cc2)C1=O. The van der Waals surface area contributed by atoms with Gasteiger partial charge in [-0.1, -0.05) is 24.3 Å². The van der Waals surface area contributed by atoms with Gasteiger partial charge in [-0.15, -0.1) is 0 Å². The van der Waals surface area contributed by atoms with Gasteiger partial charge in [0, 0.05) is 10.7 Å². The number of aromatic nitrogens is 2. The van der Waals surface area contributed by atoms with E-state index in [0.717, 1.165) is 14.8 Å². The highest BCUT2D eigenvalue weighted by Gasteiger charge is 2.46. The van der Waals surface area contributed by atoms with Gasteiger partial charge in [0.1, 0.15) is 30.3 Å². The van der Waals surface area contributed by atoms with Crippen molar-refractivity contribution in [1.82, 2.24) is 20.2 Å². The fraction of sp³-hybridized carbons (Fsp3) is 0.292. The second kappa shape index (κ2) is 10.5. The average molecular weight is 576 g/mol. The van der Waals surface area contributed by atoms with E-state index in [2.05, 4.69) is 37.9 Å². The van der Waals surface area contributed by atoms with Crippen molar-refractivity contribution in [1.29, 1.82) is 0 Å². The summed E-state index contributed by atoms with van der Waals surface area (Å²) in [6.45, 7) is 1.88. The zero-order valence-electron chi connectivity index (χ0n) is 18.7. The molecule has 0 saturated carbocycles. The van der Waals surface area contributed by atoms with Crippen LogP contribution in [0.5, 0.6) is 5.75 Å². The van der Waals surface area contributed by atoms with E-state index in [-0.39, 0.29) is 13.2 Å². The molecule has 0 unspecified atom stereocenters. The van der Waals surface area contributed by atoms with Gasteiger partial charge in [0.25, 0.3) is 5.91 Å². The Hall–Kier alpha value is -2.96. The maximum absolute atomic E-state index is 13.4. The van der Waals surface area contributed by atoms with Gasteiger partial charge in [-0.2, -0.15) is 0 Å². The molecule has 2 heterocycles. The molecule has 1 saturated heterocycles. The van der Waals surface area contributed by atoms with E-state index in [1.54, 1.807) is 37.4 Å². The molecule has 1 fully saturated rings. The number of benzene rings is 2. The van der Waals surface area contributed by atoms with Crippen LogP contribution < -0.4 is 10.1 Å². The fourth-order valence-electron chi connectivity index (χ4n) is 3.85. The van der Waals surface area contributed by atoms with E-state index < -0.39 is 30.1 Å². The predicted octanol–water partition coefficient (Wildman–Crippen LogP) is 3.42. The highest BCUT2D eigenvalue weighted by atomic mass is 127. The smallest absolute Gasteiger partial charge is 0.325 e. The van der Waals surface area contributed by atoms with Crippen molar-refractivity contribution < 1.29 is 24.2 Å². The third-order valence-corrected chi connectivity index (χ3v) is 6.39. The van der Waals surface area contributed by atoms with E-state index >= 15 is 0 Å². The normalized spacial score (nSPS) is 17.5. The second-order valence-corrected chi connectivity index (χ2v) is 9.05. The lowest BCUT2D eigenvalue weighted by molar-refractivity contribution is -0.131. The highest BCUT2D eigenvalue weighted by Crippen LogP contribution is 2.33. The number of aliphatic hydroxyl groups excluding tert-OH is 1. The van der Waals surface area contributed by atoms with E-state index in [9.17, 15) is 9.59 Å². The number of imide groups is 1. The third kappa shape index (κ3) is 4.93. The Balaban J connectivity index is 1.60. The number of hydrogen-bond donors (Lipinski definition) is 3. The summed E-state index contributed by atoms with van der Waals surface area (Å²) in [6.07, 6.45) is 1.19. The summed E-state index contributed by atoms with van der Waals surface area (Å²) in [5.41, 5.74) is 2.35. The highest BCUT2D eigenvalue weighted by molar-refractivity contribution is 14.1. The number of rotatable bonds is 9. The summed E-state index contributed by atoms with van der Waals surface area (Å²) in [6, 6.07) is 12.7. The molecule has 3 atom stereocenters. The first-order valence-corrected chi connectivity index (χ1v) is 11.8. The van der Waals surface area contributed by atoms with Crippen LogP contribution in [0.2, 0.25) is 0 Å². The van der Waals surface area contributed by atoms with Crippen molar-refractivity contribution in [2.75, 3.05) is 20.3 Å². The van der Waals surface area contributed by atoms with Crippen molar-refractivity contribution >= 4 is 34.5 Å². The molecule has 4 rings (SSSR count). The Labute approximate surface area is 210 Å². The third-order valence-electron chi connectivity index (χ3n) is 5.67. The Morgan fingerprint density at radius 1 is 1.15 bits per heavy atom. The largest absolute Gasteiger partial charge is 0.491 e. The average Bonchev–Trinajstić information content (AvgIpc) is 3.44. The number of carbonyl (C=O) groups excluding carboxylic acids is 2. The number of ether oxygens (including phenoxy) is 2. The maximum Gasteiger partial charge on any atom is 0.325 e. The molecule has 3 N–H and O–H groups in total. The first-order valence-electron chi connectivity index (χ1n) is 10.7. The standard InChI is InChI=1S/C24H25IN4O5/c1-14(33-2)21(22-26-13-19(27-22)15-3-7-17(25)8-4-15)29-23(31)20(28-24(29)32)16-5-9-18(10-6-16)34-12-11-30/h3-10,13-14,20-21,30H,11-12H2,1-2H3,(H,26,27)(H,28,32)/t14-,20-,21+/m1/s1. The van der Waals surface area contributed by atoms with Crippen molar-refractivity contribution in [2.24, 2.45) is 0 Å². The zero-order chi connectivity index (χ0) is 24.2. The minimum Gasteiger partial charge on any atom is -0.491 e. The molecule has 10 heteroatoms. The van der Waals surface area contributed by atoms with Gasteiger partial charge in [0.15, 0.2) is 0 Å². The van der Waals surface area contributed by atoms with Gasteiger partial charge in [-0.3, -0.25) is 4.79 Å². The number of urea groups is 1. The number of nitrogens with zero attached hydrogens (tertiary/aromatic N) is 2. The molecule has 3 amide bonds. The van der Waals surface area contributed by atoms with Gasteiger partial charge in [0.05, 0.1) is 24.6 Å². The molecular formula is C24H25IN4O5. The van der Waals surface area contributed by atoms with Crippen LogP contribution in [0.4, 0.5) is 4.79 Å². The molecule has 9 nitrogen and oxygen atoms in total. The first kappa shape index (κ1) is 24.2. The molecule has 34 heavy (non-hydrogen) atoms. The van der Waals surface area contributed by atoms with Crippen LogP contribution in [0.3, 0.4) is 0 Å². The number of imidazole rings is 1. The number of carbonyl (C=O) groups is 2. The number of aromatic amines is 1. The number of hydrogen-bond acceptors (Lipinski definition) is 6. The molecule has 0 spiro atoms. The number of H-pyrrole nitrogens is 1. The van der Waals surface area contributed by atoms with Gasteiger partial charge in [0.2, 0.25) is 0 Å². The number of halogens is 1. The summed E-state index contributed by atoms with van der Waals surface area (Å²) < 4.78 is 12.0. The van der Waals surface area contributed by atoms with Gasteiger partial charge in [-0.05, 0) is 64.9 Å². The lowest BCUT2D eigenvalue weighted by Crippen LogP contribution is -2.41. The van der Waals surface area contributed by atoms with Crippen molar-refractivity contribution in [3.05, 3.63) is 69.7 Å². The van der Waals surface area contributed by atoms with Crippen molar-refractivity contribution in [3.63, 3.8) is 0 Å². The molecule has 1 aliphatic rings. The molecule has 3 aromatic rings. The number of nitrogens with one attached hydrogen (secondary N) is 2. The van der Waals surface area contributed by atoms with Crippen LogP contribution in [0.1, 0.15) is 30.4 Å². The van der Waals surface area contributed by atoms with E-state index in [4.69, 9.17) is 14.6 Å². The van der Waals surface area contributed by atoms with Crippen LogP contribution >= 0.6 is 22.6 Å². The Kier molecular flexibility index (Phi) is 7.49. The van der Waals surface area contributed by atoms with E-state index in [1.807, 2.05) is 24.3 Å². The molecule has 178 valence electrons. The van der Waals surface area contributed by atoms with Crippen LogP contribution in [0, 0.1) is 3.57 Å². The van der Waals surface area contributed by atoms with Crippen LogP contribution in [-0.4, -0.2) is 58.3 Å². The number of aliphatic hydroxyl groups is 1. The molecule has 1 aliphatic heterocycles. The Morgan fingerprint density at radius 3 is 2.50 bits per heavy atom. The molecule has 2 aromatic carbocycles. The molecule has 0 radical (unpaired) electrons. The lowest BCUT2D eigenvalue weighted by atomic mass is 10.1. The lowest BCUT2D eigenvalue weighted by Gasteiger charge is -2.28. The first-order chi connectivity index (χ1) is 16.4. The van der Waals surface area contributed by atoms with Gasteiger partial charge >= 0.3 is 6.03 Å². The van der Waals surface area contributed by atoms with Gasteiger partial charge in [-0.25, -0.2) is 14.7 Å². The summed E-state index contributed by atoms with van der Waals surface area (Å²) >= 11 is 2.24. The van der Waals surface area contributed by atoms with Crippen molar-refractivity contribution in [2.45, 2.75) is 25.1 Å². The fourth-order valence-corrected chi connectivity index (χ4v) is 4.21. The second-order valence-electron chi connectivity index (χ2n) is 7.81. The van der Waals surface area contributed by atoms with Crippen molar-refractivity contribution in [3.8, 4) is 17.0 Å². The van der Waals surface area contributed by atoms with Gasteiger partial charge < -0.3 is 24.9 Å². The van der Waals surface area contributed by atoms with E-state index in [0.29, 0.717) is 17.1 Å². The van der Waals surface area contributed by atoms with Crippen LogP contribution in [0.15, 0.2) is 54.7 Å². The molecule has 0 bridgehead atoms. The summed E-state index contributed by atoms with van der Waals surface area (Å²) in [5, 5.41) is 11.7. The molecule has 0 aliphatic carbocycles. The van der Waals surface area contributed by atoms with Crippen LogP contribution in [0.25, 0.3) is 11.3 Å². The molecule has 1 aromatic heterocycles. The minimum absolute atomic E-state index is 0.0922. The summed E-state index contributed by atoms with van der Waals surface area (Å²) in [5.74, 6) is 0.631. The topological polar surface area (TPSA) is 117 Å².